The van der Waals surface area contributed by atoms with Crippen molar-refractivity contribution < 1.29 is 9.21 Å². The second-order valence-electron chi connectivity index (χ2n) is 4.37. The van der Waals surface area contributed by atoms with Gasteiger partial charge in [0.2, 0.25) is 0 Å². The van der Waals surface area contributed by atoms with Gasteiger partial charge < -0.3 is 10.2 Å². The van der Waals surface area contributed by atoms with E-state index in [1.165, 1.54) is 6.26 Å². The van der Waals surface area contributed by atoms with Crippen molar-refractivity contribution in [3.63, 3.8) is 0 Å². The third kappa shape index (κ3) is 2.85. The number of hydrazine groups is 1. The third-order valence-corrected chi connectivity index (χ3v) is 3.03. The zero-order valence-electron chi connectivity index (χ0n) is 9.69. The smallest absolute Gasteiger partial charge is 0.268 e. The highest BCUT2D eigenvalue weighted by atomic mass is 16.3. The van der Waals surface area contributed by atoms with E-state index < -0.39 is 0 Å². The Balaban J connectivity index is 2.03. The number of nitrogens with zero attached hydrogens (tertiary/aromatic N) is 1. The fraction of sp³-hybridized carbons (Fsp3) is 0.545. The highest BCUT2D eigenvalue weighted by Crippen LogP contribution is 2.16. The zero-order valence-corrected chi connectivity index (χ0v) is 9.69. The second-order valence-corrected chi connectivity index (χ2v) is 4.37. The first-order chi connectivity index (χ1) is 8.20. The Morgan fingerprint density at radius 1 is 1.65 bits per heavy atom. The Morgan fingerprint density at radius 2 is 2.47 bits per heavy atom. The second kappa shape index (κ2) is 5.31. The number of hydrogen-bond donors (Lipinski definition) is 3. The average molecular weight is 238 g/mol. The molecule has 0 bridgehead atoms. The summed E-state index contributed by atoms with van der Waals surface area (Å²) in [5, 5.41) is 0. The Hall–Kier alpha value is -1.37. The van der Waals surface area contributed by atoms with E-state index in [1.54, 1.807) is 6.07 Å². The van der Waals surface area contributed by atoms with Crippen molar-refractivity contribution in [2.75, 3.05) is 13.1 Å². The zero-order chi connectivity index (χ0) is 12.3. The molecule has 0 aliphatic carbocycles. The number of carbonyl (C=O) groups excluding carboxylic acids is 1. The Morgan fingerprint density at radius 3 is 3.18 bits per heavy atom. The van der Waals surface area contributed by atoms with E-state index in [0.717, 1.165) is 25.9 Å². The highest BCUT2D eigenvalue weighted by Gasteiger charge is 2.20. The minimum atomic E-state index is -0.324. The van der Waals surface area contributed by atoms with Gasteiger partial charge in [0, 0.05) is 12.6 Å². The summed E-state index contributed by atoms with van der Waals surface area (Å²) in [7, 11) is 0. The van der Waals surface area contributed by atoms with Crippen LogP contribution in [0.4, 0.5) is 0 Å². The molecule has 17 heavy (non-hydrogen) atoms. The summed E-state index contributed by atoms with van der Waals surface area (Å²) in [6.07, 6.45) is 3.65. The summed E-state index contributed by atoms with van der Waals surface area (Å²) >= 11 is 0. The van der Waals surface area contributed by atoms with Crippen LogP contribution < -0.4 is 17.0 Å². The first-order valence-corrected chi connectivity index (χ1v) is 5.76. The van der Waals surface area contributed by atoms with Crippen LogP contribution in [0.3, 0.4) is 0 Å². The molecule has 1 aromatic heterocycles. The Kier molecular flexibility index (Phi) is 3.78. The number of piperidine rings is 1. The standard InChI is InChI=1S/C11H18N4O2/c12-8-2-1-4-15(6-8)7-10-9(3-5-17-10)11(16)14-13/h3,5,8H,1-2,4,6-7,12-13H2,(H,14,16). The van der Waals surface area contributed by atoms with E-state index in [4.69, 9.17) is 16.0 Å². The number of hydrogen-bond acceptors (Lipinski definition) is 5. The molecule has 2 rings (SSSR count). The van der Waals surface area contributed by atoms with Gasteiger partial charge in [0.25, 0.3) is 5.91 Å². The van der Waals surface area contributed by atoms with Gasteiger partial charge in [0.15, 0.2) is 0 Å². The van der Waals surface area contributed by atoms with Crippen molar-refractivity contribution in [1.82, 2.24) is 10.3 Å². The molecule has 5 N–H and O–H groups in total. The van der Waals surface area contributed by atoms with Crippen LogP contribution in [0, 0.1) is 0 Å². The Labute approximate surface area is 99.9 Å². The van der Waals surface area contributed by atoms with E-state index >= 15 is 0 Å². The molecule has 1 atom stereocenters. The number of likely N-dealkylation sites (tertiary alicyclic amines) is 1. The SMILES string of the molecule is NNC(=O)c1ccoc1CN1CCCC(N)C1. The van der Waals surface area contributed by atoms with E-state index in [9.17, 15) is 4.79 Å². The predicted octanol–water partition coefficient (Wildman–Crippen LogP) is -0.194. The molecule has 94 valence electrons. The molecule has 6 nitrogen and oxygen atoms in total. The molecule has 1 amide bonds. The van der Waals surface area contributed by atoms with Crippen LogP contribution in [0.5, 0.6) is 0 Å². The molecule has 1 aliphatic rings. The number of amides is 1. The quantitative estimate of drug-likeness (QED) is 0.385. The van der Waals surface area contributed by atoms with Crippen LogP contribution in [0.15, 0.2) is 16.7 Å². The molecular weight excluding hydrogens is 220 g/mol. The summed E-state index contributed by atoms with van der Waals surface area (Å²) in [4.78, 5) is 13.7. The van der Waals surface area contributed by atoms with Gasteiger partial charge in [0.1, 0.15) is 5.76 Å². The molecule has 6 heteroatoms. The molecule has 1 aromatic rings. The molecule has 0 spiro atoms. The topological polar surface area (TPSA) is 97.5 Å². The van der Waals surface area contributed by atoms with Crippen molar-refractivity contribution >= 4 is 5.91 Å². The summed E-state index contributed by atoms with van der Waals surface area (Å²) in [5.74, 6) is 5.43. The lowest BCUT2D eigenvalue weighted by Crippen LogP contribution is -2.42. The largest absolute Gasteiger partial charge is 0.467 e. The number of furan rings is 1. The average Bonchev–Trinajstić information content (AvgIpc) is 2.76. The lowest BCUT2D eigenvalue weighted by Gasteiger charge is -2.30. The summed E-state index contributed by atoms with van der Waals surface area (Å²) in [6.45, 7) is 2.42. The molecular formula is C11H18N4O2. The van der Waals surface area contributed by atoms with Crippen LogP contribution in [0.2, 0.25) is 0 Å². The van der Waals surface area contributed by atoms with Crippen molar-refractivity contribution in [3.8, 4) is 0 Å². The fourth-order valence-corrected chi connectivity index (χ4v) is 2.18. The summed E-state index contributed by atoms with van der Waals surface area (Å²) < 4.78 is 5.33. The maximum absolute atomic E-state index is 11.5. The number of rotatable bonds is 3. The Bertz CT molecular complexity index is 391. The van der Waals surface area contributed by atoms with Crippen LogP contribution >= 0.6 is 0 Å². The molecule has 1 unspecified atom stereocenters. The van der Waals surface area contributed by atoms with Crippen molar-refractivity contribution in [2.24, 2.45) is 11.6 Å². The minimum Gasteiger partial charge on any atom is -0.467 e. The van der Waals surface area contributed by atoms with Crippen LogP contribution in [0.1, 0.15) is 29.0 Å². The molecule has 0 radical (unpaired) electrons. The van der Waals surface area contributed by atoms with Crippen LogP contribution in [0.25, 0.3) is 0 Å². The fourth-order valence-electron chi connectivity index (χ4n) is 2.18. The van der Waals surface area contributed by atoms with Crippen LogP contribution in [-0.4, -0.2) is 29.9 Å². The maximum Gasteiger partial charge on any atom is 0.268 e. The molecule has 1 saturated heterocycles. The maximum atomic E-state index is 11.5. The monoisotopic (exact) mass is 238 g/mol. The van der Waals surface area contributed by atoms with Gasteiger partial charge >= 0.3 is 0 Å². The van der Waals surface area contributed by atoms with Crippen LogP contribution in [-0.2, 0) is 6.54 Å². The van der Waals surface area contributed by atoms with Gasteiger partial charge in [-0.15, -0.1) is 0 Å². The van der Waals surface area contributed by atoms with Crippen molar-refractivity contribution in [3.05, 3.63) is 23.7 Å². The van der Waals surface area contributed by atoms with Crippen molar-refractivity contribution in [1.29, 1.82) is 0 Å². The van der Waals surface area contributed by atoms with E-state index in [2.05, 4.69) is 10.3 Å². The van der Waals surface area contributed by atoms with Gasteiger partial charge in [-0.25, -0.2) is 5.84 Å². The molecule has 1 aliphatic heterocycles. The first-order valence-electron chi connectivity index (χ1n) is 5.76. The summed E-state index contributed by atoms with van der Waals surface area (Å²) in [6, 6.07) is 1.84. The molecule has 1 fully saturated rings. The van der Waals surface area contributed by atoms with Gasteiger partial charge in [-0.2, -0.15) is 0 Å². The number of nitrogens with one attached hydrogen (secondary N) is 1. The predicted molar refractivity (Wildman–Crippen MR) is 62.8 cm³/mol. The summed E-state index contributed by atoms with van der Waals surface area (Å²) in [5.41, 5.74) is 8.51. The normalized spacial score (nSPS) is 21.4. The first kappa shape index (κ1) is 12.1. The van der Waals surface area contributed by atoms with Gasteiger partial charge in [-0.1, -0.05) is 0 Å². The number of nitrogen functional groups attached to an aromatic ring is 1. The van der Waals surface area contributed by atoms with Crippen molar-refractivity contribution in [2.45, 2.75) is 25.4 Å². The third-order valence-electron chi connectivity index (χ3n) is 3.03. The van der Waals surface area contributed by atoms with Gasteiger partial charge in [0.05, 0.1) is 18.4 Å². The van der Waals surface area contributed by atoms with Gasteiger partial charge in [-0.05, 0) is 25.5 Å². The highest BCUT2D eigenvalue weighted by molar-refractivity contribution is 5.94. The number of nitrogens with two attached hydrogens (primary N) is 2. The number of carbonyl (C=O) groups is 1. The molecule has 0 aromatic carbocycles. The van der Waals surface area contributed by atoms with E-state index in [0.29, 0.717) is 17.9 Å². The van der Waals surface area contributed by atoms with Gasteiger partial charge in [-0.3, -0.25) is 15.1 Å². The lowest BCUT2D eigenvalue weighted by molar-refractivity contribution is 0.0949. The lowest BCUT2D eigenvalue weighted by atomic mass is 10.1. The molecule has 2 heterocycles. The van der Waals surface area contributed by atoms with E-state index in [1.807, 2.05) is 0 Å². The van der Waals surface area contributed by atoms with E-state index in [-0.39, 0.29) is 11.9 Å². The molecule has 0 saturated carbocycles. The minimum absolute atomic E-state index is 0.213.